The number of piperazine rings is 1. The molecule has 0 saturated carbocycles. The van der Waals surface area contributed by atoms with Gasteiger partial charge in [-0.25, -0.2) is 9.37 Å². The van der Waals surface area contributed by atoms with Crippen LogP contribution in [0.3, 0.4) is 0 Å². The van der Waals surface area contributed by atoms with E-state index in [0.717, 1.165) is 32.0 Å². The first-order valence-corrected chi connectivity index (χ1v) is 8.39. The number of nitrogens with zero attached hydrogens (tertiary/aromatic N) is 4. The van der Waals surface area contributed by atoms with E-state index in [-0.39, 0.29) is 18.1 Å². The molecule has 0 bridgehead atoms. The molecule has 3 rings (SSSR count). The topological polar surface area (TPSA) is 61.4 Å². The lowest BCUT2D eigenvalue weighted by Gasteiger charge is -2.34. The highest BCUT2D eigenvalue weighted by atomic mass is 79.9. The summed E-state index contributed by atoms with van der Waals surface area (Å²) in [6.07, 6.45) is 5.05. The first-order chi connectivity index (χ1) is 11.6. The van der Waals surface area contributed by atoms with Gasteiger partial charge in [-0.2, -0.15) is 0 Å². The summed E-state index contributed by atoms with van der Waals surface area (Å²) in [6.45, 7) is 3.28. The highest BCUT2D eigenvalue weighted by molar-refractivity contribution is 9.10. The van der Waals surface area contributed by atoms with Crippen LogP contribution in [0.1, 0.15) is 0 Å². The summed E-state index contributed by atoms with van der Waals surface area (Å²) in [5, 5.41) is 2.62. The van der Waals surface area contributed by atoms with Crippen molar-refractivity contribution in [2.24, 2.45) is 0 Å². The van der Waals surface area contributed by atoms with Gasteiger partial charge in [0.05, 0.1) is 18.4 Å². The van der Waals surface area contributed by atoms with Gasteiger partial charge in [-0.05, 0) is 18.2 Å². The molecule has 1 N–H and O–H groups in total. The lowest BCUT2D eigenvalue weighted by Crippen LogP contribution is -2.49. The van der Waals surface area contributed by atoms with Crippen molar-refractivity contribution in [3.8, 4) is 0 Å². The second kappa shape index (κ2) is 7.67. The van der Waals surface area contributed by atoms with Crippen LogP contribution in [0, 0.1) is 5.82 Å². The van der Waals surface area contributed by atoms with E-state index in [0.29, 0.717) is 4.47 Å². The second-order valence-electron chi connectivity index (χ2n) is 5.50. The van der Waals surface area contributed by atoms with Gasteiger partial charge in [0.2, 0.25) is 5.91 Å². The molecule has 8 heteroatoms. The molecule has 1 amide bonds. The smallest absolute Gasteiger partial charge is 0.238 e. The van der Waals surface area contributed by atoms with Crippen molar-refractivity contribution >= 4 is 33.3 Å². The van der Waals surface area contributed by atoms with Gasteiger partial charge in [-0.3, -0.25) is 14.7 Å². The Hall–Kier alpha value is -2.06. The van der Waals surface area contributed by atoms with Crippen molar-refractivity contribution in [1.29, 1.82) is 0 Å². The Morgan fingerprint density at radius 1 is 1.25 bits per heavy atom. The van der Waals surface area contributed by atoms with E-state index in [4.69, 9.17) is 0 Å². The molecule has 1 aliphatic rings. The normalized spacial score (nSPS) is 15.3. The van der Waals surface area contributed by atoms with E-state index in [1.54, 1.807) is 30.7 Å². The van der Waals surface area contributed by atoms with Gasteiger partial charge in [0.1, 0.15) is 11.6 Å². The Morgan fingerprint density at radius 3 is 2.71 bits per heavy atom. The fraction of sp³-hybridized carbons (Fsp3) is 0.312. The third kappa shape index (κ3) is 4.27. The maximum atomic E-state index is 13.8. The molecule has 1 aliphatic heterocycles. The molecule has 2 heterocycles. The minimum atomic E-state index is -0.454. The molecule has 24 heavy (non-hydrogen) atoms. The van der Waals surface area contributed by atoms with E-state index in [1.807, 2.05) is 4.90 Å². The van der Waals surface area contributed by atoms with E-state index in [2.05, 4.69) is 36.1 Å². The third-order valence-electron chi connectivity index (χ3n) is 3.82. The van der Waals surface area contributed by atoms with Crippen LogP contribution in [-0.4, -0.2) is 53.5 Å². The minimum Gasteiger partial charge on any atom is -0.353 e. The molecular formula is C16H17BrFN5O. The Labute approximate surface area is 147 Å². The molecule has 0 unspecified atom stereocenters. The highest BCUT2D eigenvalue weighted by Gasteiger charge is 2.20. The van der Waals surface area contributed by atoms with E-state index in [1.165, 1.54) is 6.07 Å². The standard InChI is InChI=1S/C16H17BrFN5O/c17-12-1-2-14(13(18)9-12)21-16(24)11-22-5-7-23(8-6-22)15-10-19-3-4-20-15/h1-4,9-10H,5-8,11H2,(H,21,24). The zero-order valence-electron chi connectivity index (χ0n) is 13.0. The lowest BCUT2D eigenvalue weighted by molar-refractivity contribution is -0.117. The van der Waals surface area contributed by atoms with Crippen LogP contribution >= 0.6 is 15.9 Å². The highest BCUT2D eigenvalue weighted by Crippen LogP contribution is 2.19. The van der Waals surface area contributed by atoms with E-state index < -0.39 is 5.82 Å². The molecule has 0 radical (unpaired) electrons. The monoisotopic (exact) mass is 393 g/mol. The first-order valence-electron chi connectivity index (χ1n) is 7.60. The number of rotatable bonds is 4. The Morgan fingerprint density at radius 2 is 2.04 bits per heavy atom. The second-order valence-corrected chi connectivity index (χ2v) is 6.41. The summed E-state index contributed by atoms with van der Waals surface area (Å²) in [5.74, 6) is 0.174. The van der Waals surface area contributed by atoms with Crippen molar-refractivity contribution < 1.29 is 9.18 Å². The SMILES string of the molecule is O=C(CN1CCN(c2cnccn2)CC1)Nc1ccc(Br)cc1F. The molecule has 1 saturated heterocycles. The molecule has 1 aromatic carbocycles. The van der Waals surface area contributed by atoms with Crippen molar-refractivity contribution in [3.05, 3.63) is 47.1 Å². The van der Waals surface area contributed by atoms with Crippen molar-refractivity contribution in [2.75, 3.05) is 42.9 Å². The number of halogens is 2. The molecule has 1 fully saturated rings. The largest absolute Gasteiger partial charge is 0.353 e. The first kappa shape index (κ1) is 16.8. The summed E-state index contributed by atoms with van der Waals surface area (Å²) in [5.41, 5.74) is 0.196. The summed E-state index contributed by atoms with van der Waals surface area (Å²) in [7, 11) is 0. The Kier molecular flexibility index (Phi) is 5.37. The van der Waals surface area contributed by atoms with Gasteiger partial charge in [0, 0.05) is 43.0 Å². The average Bonchev–Trinajstić information content (AvgIpc) is 2.59. The number of anilines is 2. The molecule has 0 aliphatic carbocycles. The Balaban J connectivity index is 1.50. The summed E-state index contributed by atoms with van der Waals surface area (Å²) >= 11 is 3.19. The van der Waals surface area contributed by atoms with Gasteiger partial charge >= 0.3 is 0 Å². The fourth-order valence-corrected chi connectivity index (χ4v) is 2.91. The number of nitrogens with one attached hydrogen (secondary N) is 1. The summed E-state index contributed by atoms with van der Waals surface area (Å²) in [6, 6.07) is 4.57. The zero-order chi connectivity index (χ0) is 16.9. The predicted octanol–water partition coefficient (Wildman–Crippen LogP) is 2.14. The summed E-state index contributed by atoms with van der Waals surface area (Å²) < 4.78 is 14.4. The van der Waals surface area contributed by atoms with Crippen LogP contribution in [-0.2, 0) is 4.79 Å². The molecule has 6 nitrogen and oxygen atoms in total. The van der Waals surface area contributed by atoms with Crippen LogP contribution in [0.4, 0.5) is 15.9 Å². The maximum absolute atomic E-state index is 13.8. The fourth-order valence-electron chi connectivity index (χ4n) is 2.57. The van der Waals surface area contributed by atoms with Crippen LogP contribution in [0.15, 0.2) is 41.3 Å². The minimum absolute atomic E-state index is 0.196. The quantitative estimate of drug-likeness (QED) is 0.861. The molecule has 126 valence electrons. The zero-order valence-corrected chi connectivity index (χ0v) is 14.5. The van der Waals surface area contributed by atoms with Gasteiger partial charge in [-0.1, -0.05) is 15.9 Å². The van der Waals surface area contributed by atoms with E-state index in [9.17, 15) is 9.18 Å². The third-order valence-corrected chi connectivity index (χ3v) is 4.31. The number of aromatic nitrogens is 2. The van der Waals surface area contributed by atoms with Crippen LogP contribution < -0.4 is 10.2 Å². The average molecular weight is 394 g/mol. The number of hydrogen-bond donors (Lipinski definition) is 1. The number of carbonyl (C=O) groups excluding carboxylic acids is 1. The van der Waals surface area contributed by atoms with Gasteiger partial charge < -0.3 is 10.2 Å². The maximum Gasteiger partial charge on any atom is 0.238 e. The molecule has 1 aromatic heterocycles. The van der Waals surface area contributed by atoms with E-state index >= 15 is 0 Å². The molecular weight excluding hydrogens is 377 g/mol. The van der Waals surface area contributed by atoms with Crippen molar-refractivity contribution in [2.45, 2.75) is 0 Å². The lowest BCUT2D eigenvalue weighted by atomic mass is 10.3. The van der Waals surface area contributed by atoms with Crippen molar-refractivity contribution in [1.82, 2.24) is 14.9 Å². The van der Waals surface area contributed by atoms with Crippen LogP contribution in [0.5, 0.6) is 0 Å². The number of carbonyl (C=O) groups is 1. The molecule has 0 spiro atoms. The van der Waals surface area contributed by atoms with Crippen LogP contribution in [0.25, 0.3) is 0 Å². The number of hydrogen-bond acceptors (Lipinski definition) is 5. The van der Waals surface area contributed by atoms with Gasteiger partial charge in [-0.15, -0.1) is 0 Å². The van der Waals surface area contributed by atoms with Gasteiger partial charge in [0.15, 0.2) is 0 Å². The summed E-state index contributed by atoms with van der Waals surface area (Å²) in [4.78, 5) is 24.6. The number of amides is 1. The van der Waals surface area contributed by atoms with Gasteiger partial charge in [0.25, 0.3) is 0 Å². The number of benzene rings is 1. The molecule has 2 aromatic rings. The molecule has 0 atom stereocenters. The predicted molar refractivity (Wildman–Crippen MR) is 93.4 cm³/mol. The van der Waals surface area contributed by atoms with Crippen LogP contribution in [0.2, 0.25) is 0 Å². The van der Waals surface area contributed by atoms with Crippen molar-refractivity contribution in [3.63, 3.8) is 0 Å². The Bertz CT molecular complexity index is 707.